The van der Waals surface area contributed by atoms with Crippen molar-refractivity contribution in [3.05, 3.63) is 65.3 Å². The van der Waals surface area contributed by atoms with Gasteiger partial charge < -0.3 is 24.4 Å². The molecule has 3 aliphatic carbocycles. The third-order valence-electron chi connectivity index (χ3n) is 9.53. The Morgan fingerprint density at radius 2 is 1.63 bits per heavy atom. The second-order valence-corrected chi connectivity index (χ2v) is 12.5. The Labute approximate surface area is 242 Å². The number of hydrogen-bond acceptors (Lipinski definition) is 8. The Kier molecular flexibility index (Phi) is 8.67. The summed E-state index contributed by atoms with van der Waals surface area (Å²) in [5.74, 6) is -2.64. The number of carbonyl (C=O) groups excluding carboxylic acids is 3. The Morgan fingerprint density at radius 3 is 2.24 bits per heavy atom. The van der Waals surface area contributed by atoms with E-state index in [1.165, 1.54) is 19.9 Å². The molecular weight excluding hydrogens is 524 g/mol. The summed E-state index contributed by atoms with van der Waals surface area (Å²) in [6, 6.07) is 9.38. The van der Waals surface area contributed by atoms with Crippen molar-refractivity contribution in [3.63, 3.8) is 0 Å². The standard InChI is InChI=1S/C33H42O8/c1-18-24(36)17-23-29(39-20(3)34)28-19(2)25(41-26(37)14-13-22-11-9-8-10-12-22)15-16-33(28,7)31(38)30(40-21(4)35)27(18)32(23,5)6/h8-14,23-25,28-31,36,38H,2,15-17H2,1,3-7H3/b14-13+/t23-,24-,25-,28-,29+,30+,31-,33+/m0/s1. The zero-order valence-electron chi connectivity index (χ0n) is 24.8. The van der Waals surface area contributed by atoms with Gasteiger partial charge in [-0.05, 0) is 60.0 Å². The van der Waals surface area contributed by atoms with E-state index in [1.54, 1.807) is 13.0 Å². The van der Waals surface area contributed by atoms with Gasteiger partial charge in [-0.15, -0.1) is 0 Å². The second kappa shape index (κ2) is 11.6. The van der Waals surface area contributed by atoms with Crippen molar-refractivity contribution in [1.82, 2.24) is 0 Å². The third kappa shape index (κ3) is 5.77. The fourth-order valence-corrected chi connectivity index (χ4v) is 7.48. The Balaban J connectivity index is 1.78. The normalized spacial score (nSPS) is 34.7. The molecule has 4 rings (SSSR count). The van der Waals surface area contributed by atoms with Crippen LogP contribution >= 0.6 is 0 Å². The molecule has 8 nitrogen and oxygen atoms in total. The van der Waals surface area contributed by atoms with Crippen molar-refractivity contribution in [3.8, 4) is 0 Å². The van der Waals surface area contributed by atoms with Gasteiger partial charge in [0.2, 0.25) is 0 Å². The Bertz CT molecular complexity index is 1260. The fourth-order valence-electron chi connectivity index (χ4n) is 7.48. The van der Waals surface area contributed by atoms with Gasteiger partial charge in [-0.3, -0.25) is 9.59 Å². The van der Waals surface area contributed by atoms with Crippen LogP contribution in [0.5, 0.6) is 0 Å². The molecule has 0 aliphatic heterocycles. The molecule has 0 spiro atoms. The Hall–Kier alpha value is -3.23. The van der Waals surface area contributed by atoms with E-state index in [0.717, 1.165) is 5.56 Å². The number of aliphatic hydroxyl groups is 2. The first kappa shape index (κ1) is 30.7. The van der Waals surface area contributed by atoms with Crippen LogP contribution in [0.2, 0.25) is 0 Å². The molecular formula is C33H42O8. The lowest BCUT2D eigenvalue weighted by Gasteiger charge is -2.59. The number of rotatable bonds is 5. The summed E-state index contributed by atoms with van der Waals surface area (Å²) in [4.78, 5) is 37.7. The molecule has 1 aromatic rings. The third-order valence-corrected chi connectivity index (χ3v) is 9.53. The van der Waals surface area contributed by atoms with E-state index in [0.29, 0.717) is 36.0 Å². The smallest absolute Gasteiger partial charge is 0.331 e. The topological polar surface area (TPSA) is 119 Å². The van der Waals surface area contributed by atoms with Gasteiger partial charge in [0, 0.05) is 37.2 Å². The number of fused-ring (bicyclic) bond motifs is 3. The van der Waals surface area contributed by atoms with Crippen LogP contribution in [0, 0.1) is 22.7 Å². The van der Waals surface area contributed by atoms with E-state index in [1.807, 2.05) is 51.1 Å². The van der Waals surface area contributed by atoms with Gasteiger partial charge in [0.05, 0.1) is 6.10 Å². The van der Waals surface area contributed by atoms with Crippen LogP contribution in [0.4, 0.5) is 0 Å². The van der Waals surface area contributed by atoms with Crippen LogP contribution < -0.4 is 0 Å². The van der Waals surface area contributed by atoms with Crippen molar-refractivity contribution < 1.29 is 38.8 Å². The number of ether oxygens (including phenoxy) is 3. The van der Waals surface area contributed by atoms with E-state index < -0.39 is 71.1 Å². The highest BCUT2D eigenvalue weighted by molar-refractivity contribution is 5.87. The first-order valence-corrected chi connectivity index (χ1v) is 14.2. The SMILES string of the molecule is C=C1[C@@H](OC(=O)/C=C/c2ccccc2)CC[C@@]2(C)[C@@H](O)[C@H](OC(C)=O)C3=C(C)[C@@H](O)C[C@@H]([C@@H](OC(C)=O)[C@H]12)C3(C)C. The van der Waals surface area contributed by atoms with E-state index in [-0.39, 0.29) is 0 Å². The van der Waals surface area contributed by atoms with Gasteiger partial charge in [-0.1, -0.05) is 57.7 Å². The number of carbonyl (C=O) groups is 3. The molecule has 2 saturated carbocycles. The van der Waals surface area contributed by atoms with Crippen molar-refractivity contribution in [1.29, 1.82) is 0 Å². The minimum Gasteiger partial charge on any atom is -0.462 e. The maximum Gasteiger partial charge on any atom is 0.331 e. The van der Waals surface area contributed by atoms with Crippen LogP contribution in [0.15, 0.2) is 59.7 Å². The van der Waals surface area contributed by atoms with E-state index >= 15 is 0 Å². The van der Waals surface area contributed by atoms with Crippen LogP contribution in [-0.4, -0.2) is 58.6 Å². The zero-order chi connectivity index (χ0) is 30.3. The summed E-state index contributed by atoms with van der Waals surface area (Å²) in [6.45, 7) is 14.6. The minimum absolute atomic E-state index is 0.299. The molecule has 8 heteroatoms. The summed E-state index contributed by atoms with van der Waals surface area (Å²) >= 11 is 0. The van der Waals surface area contributed by atoms with Gasteiger partial charge in [0.15, 0.2) is 6.10 Å². The Morgan fingerprint density at radius 1 is 1.00 bits per heavy atom. The first-order chi connectivity index (χ1) is 19.2. The molecule has 0 aromatic heterocycles. The lowest BCUT2D eigenvalue weighted by atomic mass is 9.49. The maximum absolute atomic E-state index is 12.9. The van der Waals surface area contributed by atoms with E-state index in [4.69, 9.17) is 14.2 Å². The number of aliphatic hydroxyl groups excluding tert-OH is 2. The van der Waals surface area contributed by atoms with Crippen LogP contribution in [0.1, 0.15) is 66.4 Å². The minimum atomic E-state index is -1.21. The molecule has 2 fully saturated rings. The van der Waals surface area contributed by atoms with Crippen LogP contribution in [0.25, 0.3) is 6.08 Å². The predicted molar refractivity (Wildman–Crippen MR) is 153 cm³/mol. The summed E-state index contributed by atoms with van der Waals surface area (Å²) < 4.78 is 17.7. The average molecular weight is 567 g/mol. The molecule has 2 N–H and O–H groups in total. The molecule has 0 amide bonds. The van der Waals surface area contributed by atoms with Crippen molar-refractivity contribution in [2.24, 2.45) is 22.7 Å². The predicted octanol–water partition coefficient (Wildman–Crippen LogP) is 4.55. The maximum atomic E-state index is 12.9. The van der Waals surface area contributed by atoms with Crippen molar-refractivity contribution >= 4 is 24.0 Å². The van der Waals surface area contributed by atoms with Gasteiger partial charge in [0.1, 0.15) is 18.3 Å². The van der Waals surface area contributed by atoms with E-state index in [2.05, 4.69) is 6.58 Å². The summed E-state index contributed by atoms with van der Waals surface area (Å²) in [5, 5.41) is 23.2. The largest absolute Gasteiger partial charge is 0.462 e. The lowest BCUT2D eigenvalue weighted by Crippen LogP contribution is -2.63. The molecule has 2 bridgehead atoms. The highest BCUT2D eigenvalue weighted by Gasteiger charge is 2.62. The molecule has 0 unspecified atom stereocenters. The molecule has 222 valence electrons. The monoisotopic (exact) mass is 566 g/mol. The molecule has 1 aromatic carbocycles. The van der Waals surface area contributed by atoms with Crippen LogP contribution in [0.3, 0.4) is 0 Å². The molecule has 3 aliphatic rings. The highest BCUT2D eigenvalue weighted by Crippen LogP contribution is 2.60. The van der Waals surface area contributed by atoms with Crippen molar-refractivity contribution in [2.75, 3.05) is 0 Å². The van der Waals surface area contributed by atoms with E-state index in [9.17, 15) is 24.6 Å². The summed E-state index contributed by atoms with van der Waals surface area (Å²) in [6.07, 6.45) is -0.495. The molecule has 0 heterocycles. The summed E-state index contributed by atoms with van der Waals surface area (Å²) in [7, 11) is 0. The zero-order valence-corrected chi connectivity index (χ0v) is 24.8. The van der Waals surface area contributed by atoms with Gasteiger partial charge >= 0.3 is 17.9 Å². The number of hydrogen-bond donors (Lipinski definition) is 2. The lowest BCUT2D eigenvalue weighted by molar-refractivity contribution is -0.192. The number of benzene rings is 1. The van der Waals surface area contributed by atoms with Gasteiger partial charge in [-0.25, -0.2) is 4.79 Å². The van der Waals surface area contributed by atoms with Crippen LogP contribution in [-0.2, 0) is 28.6 Å². The van der Waals surface area contributed by atoms with Gasteiger partial charge in [0.25, 0.3) is 0 Å². The highest BCUT2D eigenvalue weighted by atomic mass is 16.6. The second-order valence-electron chi connectivity index (χ2n) is 12.5. The first-order valence-electron chi connectivity index (χ1n) is 14.2. The number of esters is 3. The van der Waals surface area contributed by atoms with Gasteiger partial charge in [-0.2, -0.15) is 0 Å². The molecule has 41 heavy (non-hydrogen) atoms. The summed E-state index contributed by atoms with van der Waals surface area (Å²) in [5.41, 5.74) is 0.979. The van der Waals surface area contributed by atoms with Crippen molar-refractivity contribution in [2.45, 2.75) is 91.3 Å². The average Bonchev–Trinajstić information content (AvgIpc) is 2.89. The molecule has 8 atom stereocenters. The quantitative estimate of drug-likeness (QED) is 0.231. The molecule has 0 radical (unpaired) electrons. The molecule has 0 saturated heterocycles. The fraction of sp³-hybridized carbons (Fsp3) is 0.545.